The summed E-state index contributed by atoms with van der Waals surface area (Å²) in [6, 6.07) is 5.81. The zero-order valence-electron chi connectivity index (χ0n) is 20.0. The summed E-state index contributed by atoms with van der Waals surface area (Å²) in [6.07, 6.45) is 5.56. The van der Waals surface area contributed by atoms with Crippen molar-refractivity contribution in [1.29, 1.82) is 0 Å². The van der Waals surface area contributed by atoms with Crippen molar-refractivity contribution in [2.24, 2.45) is 5.73 Å². The molecule has 1 aliphatic heterocycles. The number of aromatic amines is 1. The van der Waals surface area contributed by atoms with E-state index < -0.39 is 0 Å². The van der Waals surface area contributed by atoms with Crippen molar-refractivity contribution in [3.63, 3.8) is 0 Å². The number of ether oxygens (including phenoxy) is 2. The van der Waals surface area contributed by atoms with Crippen LogP contribution in [0.4, 0.5) is 5.82 Å². The highest BCUT2D eigenvalue weighted by Gasteiger charge is 2.25. The number of piperidine rings is 1. The summed E-state index contributed by atoms with van der Waals surface area (Å²) >= 11 is 0. The molecule has 3 aromatic rings. The molecule has 1 amide bonds. The van der Waals surface area contributed by atoms with E-state index in [1.807, 2.05) is 19.9 Å². The summed E-state index contributed by atoms with van der Waals surface area (Å²) in [5.74, 6) is 0.813. The lowest BCUT2D eigenvalue weighted by molar-refractivity contribution is 0.0842. The van der Waals surface area contributed by atoms with E-state index in [2.05, 4.69) is 42.4 Å². The minimum Gasteiger partial charge on any atom is -0.458 e. The minimum atomic E-state index is -0.299. The molecule has 3 aromatic heterocycles. The largest absolute Gasteiger partial charge is 0.458 e. The second-order valence-corrected chi connectivity index (χ2v) is 8.79. The molecule has 2 atom stereocenters. The fraction of sp³-hybridized carbons (Fsp3) is 0.500. The molecular weight excluding hydrogens is 434 g/mol. The van der Waals surface area contributed by atoms with Gasteiger partial charge in [-0.1, -0.05) is 0 Å². The Labute approximate surface area is 199 Å². The summed E-state index contributed by atoms with van der Waals surface area (Å²) in [5.41, 5.74) is 8.15. The van der Waals surface area contributed by atoms with Crippen molar-refractivity contribution in [2.45, 2.75) is 44.8 Å². The number of amides is 1. The normalized spacial score (nSPS) is 16.4. The molecule has 10 heteroatoms. The van der Waals surface area contributed by atoms with E-state index in [0.717, 1.165) is 31.6 Å². The molecule has 1 fully saturated rings. The Balaban J connectivity index is 1.52. The number of carbonyl (C=O) groups is 1. The molecule has 182 valence electrons. The Morgan fingerprint density at radius 3 is 2.85 bits per heavy atom. The monoisotopic (exact) mass is 467 g/mol. The zero-order valence-corrected chi connectivity index (χ0v) is 20.0. The smallest absolute Gasteiger partial charge is 0.319 e. The van der Waals surface area contributed by atoms with Crippen LogP contribution in [0.5, 0.6) is 6.01 Å². The Morgan fingerprint density at radius 1 is 1.32 bits per heavy atom. The number of carbonyl (C=O) groups excluding carboxylic acids is 1. The quantitative estimate of drug-likeness (QED) is 0.437. The van der Waals surface area contributed by atoms with E-state index in [0.29, 0.717) is 24.9 Å². The maximum Gasteiger partial charge on any atom is 0.319 e. The van der Waals surface area contributed by atoms with Gasteiger partial charge in [0.25, 0.3) is 5.91 Å². The molecule has 0 unspecified atom stereocenters. The first-order chi connectivity index (χ1) is 16.5. The van der Waals surface area contributed by atoms with Gasteiger partial charge in [0.15, 0.2) is 0 Å². The summed E-state index contributed by atoms with van der Waals surface area (Å²) in [6.45, 7) is 6.07. The van der Waals surface area contributed by atoms with Gasteiger partial charge in [0.05, 0.1) is 6.61 Å². The molecule has 4 rings (SSSR count). The van der Waals surface area contributed by atoms with Crippen molar-refractivity contribution >= 4 is 22.8 Å². The molecule has 34 heavy (non-hydrogen) atoms. The zero-order chi connectivity index (χ0) is 24.1. The van der Waals surface area contributed by atoms with Crippen LogP contribution >= 0.6 is 0 Å². The van der Waals surface area contributed by atoms with Crippen LogP contribution in [0.25, 0.3) is 11.0 Å². The number of hydrogen-bond acceptors (Lipinski definition) is 8. The third kappa shape index (κ3) is 5.45. The first kappa shape index (κ1) is 23.9. The van der Waals surface area contributed by atoms with Gasteiger partial charge in [0.1, 0.15) is 23.3 Å². The van der Waals surface area contributed by atoms with Gasteiger partial charge in [0.2, 0.25) is 0 Å². The average Bonchev–Trinajstić information content (AvgIpc) is 3.28. The highest BCUT2D eigenvalue weighted by atomic mass is 16.5. The summed E-state index contributed by atoms with van der Waals surface area (Å²) in [5, 5.41) is 4.04. The lowest BCUT2D eigenvalue weighted by Gasteiger charge is -2.33. The Hall–Kier alpha value is -3.24. The molecule has 0 aromatic carbocycles. The third-order valence-electron chi connectivity index (χ3n) is 6.11. The lowest BCUT2D eigenvalue weighted by atomic mass is 9.89. The van der Waals surface area contributed by atoms with Crippen molar-refractivity contribution in [3.8, 4) is 6.01 Å². The molecule has 0 aliphatic carbocycles. The van der Waals surface area contributed by atoms with E-state index in [-0.39, 0.29) is 29.8 Å². The number of anilines is 1. The number of nitrogens with two attached hydrogens (primary N) is 1. The molecule has 4 N–H and O–H groups in total. The number of H-pyrrole nitrogens is 1. The molecule has 10 nitrogen and oxygen atoms in total. The number of aromatic nitrogens is 4. The summed E-state index contributed by atoms with van der Waals surface area (Å²) < 4.78 is 11.0. The number of methoxy groups -OCH3 is 1. The standard InChI is InChI=1S/C24H33N7O3/c1-15(12-25)28-23(32)20-11-21(30-24(29-20)34-16(2)14-33-3)31-9-6-17(7-10-31)19-13-27-22-18(19)5-4-8-26-22/h4-5,8,11,13,15-17H,6-7,9-10,12,14,25H2,1-3H3,(H,26,27)(H,28,32)/t15-,16-/m1/s1. The molecule has 0 radical (unpaired) electrons. The molecular formula is C24H33N7O3. The number of fused-ring (bicyclic) bond motifs is 1. The number of nitrogens with zero attached hydrogens (tertiary/aromatic N) is 4. The highest BCUT2D eigenvalue weighted by molar-refractivity contribution is 5.93. The number of hydrogen-bond donors (Lipinski definition) is 3. The van der Waals surface area contributed by atoms with Gasteiger partial charge in [0, 0.05) is 56.6 Å². The van der Waals surface area contributed by atoms with Crippen LogP contribution < -0.4 is 20.7 Å². The lowest BCUT2D eigenvalue weighted by Crippen LogP contribution is -2.38. The van der Waals surface area contributed by atoms with Gasteiger partial charge in [-0.25, -0.2) is 4.98 Å². The highest BCUT2D eigenvalue weighted by Crippen LogP contribution is 2.34. The van der Waals surface area contributed by atoms with Crippen LogP contribution in [-0.4, -0.2) is 71.3 Å². The average molecular weight is 468 g/mol. The maximum atomic E-state index is 12.8. The Bertz CT molecular complexity index is 1110. The van der Waals surface area contributed by atoms with Gasteiger partial charge in [-0.05, 0) is 50.3 Å². The minimum absolute atomic E-state index is 0.163. The number of rotatable bonds is 9. The predicted octanol–water partition coefficient (Wildman–Crippen LogP) is 2.23. The molecule has 0 spiro atoms. The van der Waals surface area contributed by atoms with Crippen LogP contribution in [0.15, 0.2) is 30.6 Å². The Kier molecular flexibility index (Phi) is 7.59. The molecule has 1 saturated heterocycles. The number of pyridine rings is 1. The SMILES string of the molecule is COC[C@@H](C)Oc1nc(C(=O)N[C@H](C)CN)cc(N2CCC(c3c[nH]c4ncccc34)CC2)n1. The fourth-order valence-corrected chi connectivity index (χ4v) is 4.28. The van der Waals surface area contributed by atoms with Crippen LogP contribution in [0.3, 0.4) is 0 Å². The topological polar surface area (TPSA) is 131 Å². The van der Waals surface area contributed by atoms with E-state index >= 15 is 0 Å². The summed E-state index contributed by atoms with van der Waals surface area (Å²) in [4.78, 5) is 31.6. The van der Waals surface area contributed by atoms with Gasteiger partial charge in [-0.15, -0.1) is 0 Å². The van der Waals surface area contributed by atoms with Crippen molar-refractivity contribution < 1.29 is 14.3 Å². The second kappa shape index (κ2) is 10.8. The van der Waals surface area contributed by atoms with Gasteiger partial charge >= 0.3 is 6.01 Å². The second-order valence-electron chi connectivity index (χ2n) is 8.79. The first-order valence-corrected chi connectivity index (χ1v) is 11.7. The van der Waals surface area contributed by atoms with Crippen molar-refractivity contribution in [2.75, 3.05) is 38.3 Å². The first-order valence-electron chi connectivity index (χ1n) is 11.7. The molecule has 4 heterocycles. The fourth-order valence-electron chi connectivity index (χ4n) is 4.28. The van der Waals surface area contributed by atoms with E-state index in [1.54, 1.807) is 19.4 Å². The van der Waals surface area contributed by atoms with Gasteiger partial charge in [-0.2, -0.15) is 9.97 Å². The van der Waals surface area contributed by atoms with E-state index in [9.17, 15) is 4.79 Å². The van der Waals surface area contributed by atoms with Crippen LogP contribution in [-0.2, 0) is 4.74 Å². The van der Waals surface area contributed by atoms with Crippen molar-refractivity contribution in [1.82, 2.24) is 25.3 Å². The molecule has 1 aliphatic rings. The summed E-state index contributed by atoms with van der Waals surface area (Å²) in [7, 11) is 1.61. The van der Waals surface area contributed by atoms with Crippen LogP contribution in [0, 0.1) is 0 Å². The van der Waals surface area contributed by atoms with Crippen LogP contribution in [0.1, 0.15) is 48.7 Å². The Morgan fingerprint density at radius 2 is 2.12 bits per heavy atom. The number of nitrogens with one attached hydrogen (secondary N) is 2. The van der Waals surface area contributed by atoms with Gasteiger partial charge < -0.3 is 30.4 Å². The molecule has 0 saturated carbocycles. The van der Waals surface area contributed by atoms with Crippen LogP contribution in [0.2, 0.25) is 0 Å². The third-order valence-corrected chi connectivity index (χ3v) is 6.11. The molecule has 0 bridgehead atoms. The van der Waals surface area contributed by atoms with Gasteiger partial charge in [-0.3, -0.25) is 4.79 Å². The van der Waals surface area contributed by atoms with E-state index in [4.69, 9.17) is 15.2 Å². The van der Waals surface area contributed by atoms with E-state index in [1.165, 1.54) is 10.9 Å². The van der Waals surface area contributed by atoms with Crippen molar-refractivity contribution in [3.05, 3.63) is 41.9 Å². The maximum absolute atomic E-state index is 12.8. The predicted molar refractivity (Wildman–Crippen MR) is 130 cm³/mol.